The zero-order valence-electron chi connectivity index (χ0n) is 11.8. The Morgan fingerprint density at radius 3 is 2.95 bits per heavy atom. The van der Waals surface area contributed by atoms with Crippen LogP contribution in [0.2, 0.25) is 0 Å². The fraction of sp³-hybridized carbons (Fsp3) is 0.462. The van der Waals surface area contributed by atoms with Crippen molar-refractivity contribution in [1.29, 1.82) is 0 Å². The molecule has 3 N–H and O–H groups in total. The second-order valence-corrected chi connectivity index (χ2v) is 4.49. The number of nitrogens with two attached hydrogens (primary N) is 1. The van der Waals surface area contributed by atoms with Crippen LogP contribution in [0.4, 0.5) is 11.5 Å². The Labute approximate surface area is 118 Å². The maximum atomic E-state index is 5.98. The molecular weight excluding hydrogens is 256 g/mol. The van der Waals surface area contributed by atoms with E-state index >= 15 is 0 Å². The van der Waals surface area contributed by atoms with Crippen molar-refractivity contribution in [2.75, 3.05) is 24.2 Å². The molecule has 0 aliphatic heterocycles. The number of aryl methyl sites for hydroxylation is 1. The van der Waals surface area contributed by atoms with Gasteiger partial charge in [-0.3, -0.25) is 4.68 Å². The zero-order chi connectivity index (χ0) is 14.4. The lowest BCUT2D eigenvalue weighted by molar-refractivity contribution is 0.306. The highest BCUT2D eigenvalue weighted by molar-refractivity contribution is 5.66. The maximum Gasteiger partial charge on any atom is 0.242 e. The highest BCUT2D eigenvalue weighted by Gasteiger charge is 2.08. The van der Waals surface area contributed by atoms with Crippen LogP contribution in [0.3, 0.4) is 0 Å². The summed E-state index contributed by atoms with van der Waals surface area (Å²) in [5.41, 5.74) is 7.59. The third-order valence-corrected chi connectivity index (χ3v) is 2.75. The summed E-state index contributed by atoms with van der Waals surface area (Å²) in [6, 6.07) is 0. The van der Waals surface area contributed by atoms with Gasteiger partial charge in [-0.15, -0.1) is 0 Å². The van der Waals surface area contributed by atoms with Crippen LogP contribution >= 0.6 is 0 Å². The average molecular weight is 276 g/mol. The van der Waals surface area contributed by atoms with Gasteiger partial charge in [-0.2, -0.15) is 10.1 Å². The number of nitrogens with one attached hydrogen (secondary N) is 1. The molecule has 0 saturated carbocycles. The lowest BCUT2D eigenvalue weighted by Crippen LogP contribution is -2.10. The van der Waals surface area contributed by atoms with Gasteiger partial charge in [0.05, 0.1) is 12.8 Å². The second-order valence-electron chi connectivity index (χ2n) is 4.49. The molecule has 0 spiro atoms. The van der Waals surface area contributed by atoms with Crippen LogP contribution in [0, 0.1) is 0 Å². The predicted molar refractivity (Wildman–Crippen MR) is 77.6 cm³/mol. The van der Waals surface area contributed by atoms with Gasteiger partial charge in [0.25, 0.3) is 0 Å². The van der Waals surface area contributed by atoms with Gasteiger partial charge in [-0.05, 0) is 18.4 Å². The van der Waals surface area contributed by atoms with Crippen LogP contribution in [0.5, 0.6) is 5.88 Å². The van der Waals surface area contributed by atoms with Crippen molar-refractivity contribution in [3.8, 4) is 5.88 Å². The van der Waals surface area contributed by atoms with Crippen LogP contribution in [0.15, 0.2) is 18.7 Å². The summed E-state index contributed by atoms with van der Waals surface area (Å²) >= 11 is 0. The first kappa shape index (κ1) is 14.1. The van der Waals surface area contributed by atoms with Gasteiger partial charge < -0.3 is 15.8 Å². The molecule has 0 radical (unpaired) electrons. The molecule has 2 rings (SSSR count). The SMILES string of the molecule is CCCOc1ncnc(NCCc2cnn(C)c2)c1N. The summed E-state index contributed by atoms with van der Waals surface area (Å²) in [4.78, 5) is 8.17. The quantitative estimate of drug-likeness (QED) is 0.790. The minimum Gasteiger partial charge on any atom is -0.476 e. The predicted octanol–water partition coefficient (Wildman–Crippen LogP) is 1.24. The van der Waals surface area contributed by atoms with Gasteiger partial charge in [-0.25, -0.2) is 4.98 Å². The van der Waals surface area contributed by atoms with E-state index in [9.17, 15) is 0 Å². The molecule has 2 aromatic rings. The molecule has 7 heteroatoms. The lowest BCUT2D eigenvalue weighted by Gasteiger charge is -2.11. The van der Waals surface area contributed by atoms with E-state index in [1.165, 1.54) is 6.33 Å². The second kappa shape index (κ2) is 6.74. The van der Waals surface area contributed by atoms with E-state index in [0.29, 0.717) is 24.0 Å². The Balaban J connectivity index is 1.92. The Morgan fingerprint density at radius 1 is 1.40 bits per heavy atom. The van der Waals surface area contributed by atoms with E-state index in [1.54, 1.807) is 4.68 Å². The van der Waals surface area contributed by atoms with Crippen molar-refractivity contribution in [2.45, 2.75) is 19.8 Å². The molecule has 7 nitrogen and oxygen atoms in total. The molecule has 0 saturated heterocycles. The fourth-order valence-corrected chi connectivity index (χ4v) is 1.76. The van der Waals surface area contributed by atoms with Crippen molar-refractivity contribution in [2.24, 2.45) is 7.05 Å². The van der Waals surface area contributed by atoms with E-state index in [0.717, 1.165) is 24.9 Å². The average Bonchev–Trinajstić information content (AvgIpc) is 2.85. The number of hydrogen-bond acceptors (Lipinski definition) is 6. The molecule has 0 amide bonds. The molecule has 0 unspecified atom stereocenters. The summed E-state index contributed by atoms with van der Waals surface area (Å²) in [5.74, 6) is 1.04. The zero-order valence-corrected chi connectivity index (χ0v) is 11.8. The first-order valence-corrected chi connectivity index (χ1v) is 6.65. The van der Waals surface area contributed by atoms with E-state index in [-0.39, 0.29) is 0 Å². The number of hydrogen-bond donors (Lipinski definition) is 2. The van der Waals surface area contributed by atoms with Crippen LogP contribution in [-0.4, -0.2) is 32.9 Å². The molecule has 2 aromatic heterocycles. The minimum atomic E-state index is 0.436. The van der Waals surface area contributed by atoms with Crippen molar-refractivity contribution in [3.63, 3.8) is 0 Å². The van der Waals surface area contributed by atoms with E-state index in [4.69, 9.17) is 10.5 Å². The van der Waals surface area contributed by atoms with Crippen molar-refractivity contribution in [1.82, 2.24) is 19.7 Å². The summed E-state index contributed by atoms with van der Waals surface area (Å²) < 4.78 is 7.25. The molecule has 2 heterocycles. The highest BCUT2D eigenvalue weighted by atomic mass is 16.5. The third-order valence-electron chi connectivity index (χ3n) is 2.75. The third kappa shape index (κ3) is 3.59. The highest BCUT2D eigenvalue weighted by Crippen LogP contribution is 2.24. The van der Waals surface area contributed by atoms with Crippen molar-refractivity contribution in [3.05, 3.63) is 24.3 Å². The number of ether oxygens (including phenoxy) is 1. The van der Waals surface area contributed by atoms with Gasteiger partial charge in [0.1, 0.15) is 12.0 Å². The minimum absolute atomic E-state index is 0.436. The Bertz CT molecular complexity index is 554. The van der Waals surface area contributed by atoms with Gasteiger partial charge in [0.2, 0.25) is 5.88 Å². The number of nitrogen functional groups attached to an aromatic ring is 1. The molecule has 0 atom stereocenters. The van der Waals surface area contributed by atoms with E-state index < -0.39 is 0 Å². The van der Waals surface area contributed by atoms with E-state index in [2.05, 4.69) is 20.4 Å². The summed E-state index contributed by atoms with van der Waals surface area (Å²) in [6.07, 6.45) is 7.05. The number of anilines is 2. The largest absolute Gasteiger partial charge is 0.476 e. The lowest BCUT2D eigenvalue weighted by atomic mass is 10.2. The number of nitrogens with zero attached hydrogens (tertiary/aromatic N) is 4. The molecule has 0 aliphatic rings. The number of rotatable bonds is 7. The Kier molecular flexibility index (Phi) is 4.75. The van der Waals surface area contributed by atoms with Crippen molar-refractivity contribution >= 4 is 11.5 Å². The first-order valence-electron chi connectivity index (χ1n) is 6.65. The Hall–Kier alpha value is -2.31. The van der Waals surface area contributed by atoms with Gasteiger partial charge in [-0.1, -0.05) is 6.92 Å². The Morgan fingerprint density at radius 2 is 2.25 bits per heavy atom. The molecule has 0 aromatic carbocycles. The molecular formula is C13H20N6O. The van der Waals surface area contributed by atoms with Gasteiger partial charge in [0.15, 0.2) is 5.82 Å². The summed E-state index contributed by atoms with van der Waals surface area (Å²) in [5, 5.41) is 7.32. The smallest absolute Gasteiger partial charge is 0.242 e. The van der Waals surface area contributed by atoms with Gasteiger partial charge in [0, 0.05) is 19.8 Å². The van der Waals surface area contributed by atoms with Crippen LogP contribution < -0.4 is 15.8 Å². The standard InChI is InChI=1S/C13H20N6O/c1-3-6-20-13-11(14)12(16-9-17-13)15-5-4-10-7-18-19(2)8-10/h7-9H,3-6,14H2,1-2H3,(H,15,16,17). The monoisotopic (exact) mass is 276 g/mol. The maximum absolute atomic E-state index is 5.98. The van der Waals surface area contributed by atoms with E-state index in [1.807, 2.05) is 26.4 Å². The summed E-state index contributed by atoms with van der Waals surface area (Å²) in [6.45, 7) is 3.35. The van der Waals surface area contributed by atoms with Gasteiger partial charge >= 0.3 is 0 Å². The topological polar surface area (TPSA) is 90.9 Å². The fourth-order valence-electron chi connectivity index (χ4n) is 1.76. The molecule has 0 fully saturated rings. The summed E-state index contributed by atoms with van der Waals surface area (Å²) in [7, 11) is 1.90. The molecule has 20 heavy (non-hydrogen) atoms. The normalized spacial score (nSPS) is 10.5. The van der Waals surface area contributed by atoms with Crippen molar-refractivity contribution < 1.29 is 4.74 Å². The van der Waals surface area contributed by atoms with Crippen LogP contribution in [0.25, 0.3) is 0 Å². The molecule has 0 bridgehead atoms. The number of aromatic nitrogens is 4. The van der Waals surface area contributed by atoms with Crippen LogP contribution in [-0.2, 0) is 13.5 Å². The van der Waals surface area contributed by atoms with Crippen LogP contribution in [0.1, 0.15) is 18.9 Å². The molecule has 108 valence electrons. The molecule has 0 aliphatic carbocycles. The first-order chi connectivity index (χ1) is 9.70.